The van der Waals surface area contributed by atoms with E-state index in [-0.39, 0.29) is 0 Å². The Morgan fingerprint density at radius 3 is 2.50 bits per heavy atom. The highest BCUT2D eigenvalue weighted by Crippen LogP contribution is 2.38. The molecule has 0 aliphatic heterocycles. The lowest BCUT2D eigenvalue weighted by Gasteiger charge is -2.17. The van der Waals surface area contributed by atoms with Gasteiger partial charge in [-0.15, -0.1) is 0 Å². The zero-order chi connectivity index (χ0) is 17.4. The number of hydrogen-bond acceptors (Lipinski definition) is 5. The van der Waals surface area contributed by atoms with Crippen molar-refractivity contribution in [1.29, 1.82) is 0 Å². The quantitative estimate of drug-likeness (QED) is 0.357. The zero-order valence-electron chi connectivity index (χ0n) is 13.3. The van der Waals surface area contributed by atoms with Gasteiger partial charge in [0.2, 0.25) is 10.9 Å². The van der Waals surface area contributed by atoms with Crippen LogP contribution in [0.5, 0.6) is 11.5 Å². The SMILES string of the molecule is CCCCNc1cc(C=S)cc(N[SH](=O)=O)c1Oc1ccccc1. The van der Waals surface area contributed by atoms with E-state index in [1.54, 1.807) is 6.07 Å². The van der Waals surface area contributed by atoms with Crippen LogP contribution in [0.2, 0.25) is 0 Å². The maximum Gasteiger partial charge on any atom is 0.222 e. The number of nitrogens with one attached hydrogen (secondary N) is 2. The van der Waals surface area contributed by atoms with Gasteiger partial charge in [0.1, 0.15) is 5.75 Å². The highest BCUT2D eigenvalue weighted by Gasteiger charge is 2.14. The molecule has 0 atom stereocenters. The standard InChI is InChI=1S/C17H20N2O3S2/c1-2-3-9-18-15-10-13(12-23)11-16(19-24(20)21)17(15)22-14-7-5-4-6-8-14/h4-8,10-12,18,24H,2-3,9H2,1H3,(H,19,20,21). The monoisotopic (exact) mass is 364 g/mol. The fraction of sp³-hybridized carbons (Fsp3) is 0.235. The molecule has 2 rings (SSSR count). The predicted molar refractivity (Wildman–Crippen MR) is 103 cm³/mol. The normalized spacial score (nSPS) is 10.4. The lowest BCUT2D eigenvalue weighted by Crippen LogP contribution is -2.06. The van der Waals surface area contributed by atoms with Gasteiger partial charge in [-0.25, -0.2) is 8.42 Å². The Morgan fingerprint density at radius 1 is 1.17 bits per heavy atom. The molecular weight excluding hydrogens is 344 g/mol. The summed E-state index contributed by atoms with van der Waals surface area (Å²) in [5.74, 6) is 1.05. The molecule has 0 heterocycles. The van der Waals surface area contributed by atoms with Crippen molar-refractivity contribution in [3.8, 4) is 11.5 Å². The van der Waals surface area contributed by atoms with Crippen LogP contribution in [0.4, 0.5) is 11.4 Å². The van der Waals surface area contributed by atoms with E-state index in [0.717, 1.165) is 24.9 Å². The van der Waals surface area contributed by atoms with Gasteiger partial charge in [-0.3, -0.25) is 4.72 Å². The van der Waals surface area contributed by atoms with Crippen LogP contribution in [0, 0.1) is 0 Å². The summed E-state index contributed by atoms with van der Waals surface area (Å²) < 4.78 is 30.7. The topological polar surface area (TPSA) is 67.4 Å². The van der Waals surface area contributed by atoms with Crippen LogP contribution in [0.15, 0.2) is 42.5 Å². The largest absolute Gasteiger partial charge is 0.453 e. The van der Waals surface area contributed by atoms with Crippen molar-refractivity contribution < 1.29 is 13.2 Å². The third-order valence-electron chi connectivity index (χ3n) is 3.27. The van der Waals surface area contributed by atoms with E-state index in [0.29, 0.717) is 22.9 Å². The van der Waals surface area contributed by atoms with Gasteiger partial charge in [0.25, 0.3) is 0 Å². The Labute approximate surface area is 149 Å². The lowest BCUT2D eigenvalue weighted by molar-refractivity contribution is 0.486. The first kappa shape index (κ1) is 18.2. The number of hydrogen-bond donors (Lipinski definition) is 3. The van der Waals surface area contributed by atoms with Crippen LogP contribution >= 0.6 is 12.2 Å². The second-order valence-corrected chi connectivity index (χ2v) is 6.10. The molecule has 2 aromatic carbocycles. The fourth-order valence-electron chi connectivity index (χ4n) is 2.15. The molecule has 0 aliphatic carbocycles. The first-order valence-electron chi connectivity index (χ1n) is 7.65. The molecule has 0 saturated heterocycles. The van der Waals surface area contributed by atoms with Crippen molar-refractivity contribution in [3.63, 3.8) is 0 Å². The summed E-state index contributed by atoms with van der Waals surface area (Å²) in [6, 6.07) is 12.7. The van der Waals surface area contributed by atoms with Crippen LogP contribution in [-0.4, -0.2) is 20.3 Å². The van der Waals surface area contributed by atoms with Gasteiger partial charge >= 0.3 is 0 Å². The van der Waals surface area contributed by atoms with E-state index in [1.165, 1.54) is 5.37 Å². The maximum atomic E-state index is 11.2. The summed E-state index contributed by atoms with van der Waals surface area (Å²) in [6.07, 6.45) is 2.04. The molecule has 0 radical (unpaired) electrons. The van der Waals surface area contributed by atoms with Crippen molar-refractivity contribution in [3.05, 3.63) is 48.0 Å². The summed E-state index contributed by atoms with van der Waals surface area (Å²) in [7, 11) is -2.82. The summed E-state index contributed by atoms with van der Waals surface area (Å²) in [6.45, 7) is 2.86. The minimum atomic E-state index is -2.82. The number of para-hydroxylation sites is 1. The van der Waals surface area contributed by atoms with E-state index >= 15 is 0 Å². The third-order valence-corrected chi connectivity index (χ3v) is 3.96. The number of rotatable bonds is 9. The highest BCUT2D eigenvalue weighted by molar-refractivity contribution is 7.79. The molecular formula is C17H20N2O3S2. The van der Waals surface area contributed by atoms with E-state index in [9.17, 15) is 8.42 Å². The van der Waals surface area contributed by atoms with Crippen LogP contribution in [-0.2, 0) is 10.9 Å². The van der Waals surface area contributed by atoms with Gasteiger partial charge < -0.3 is 10.1 Å². The molecule has 0 fully saturated rings. The molecule has 0 amide bonds. The Kier molecular flexibility index (Phi) is 7.02. The second kappa shape index (κ2) is 9.24. The molecule has 128 valence electrons. The Balaban J connectivity index is 2.45. The zero-order valence-corrected chi connectivity index (χ0v) is 15.0. The molecule has 0 spiro atoms. The molecule has 24 heavy (non-hydrogen) atoms. The van der Waals surface area contributed by atoms with Gasteiger partial charge in [-0.2, -0.15) is 0 Å². The summed E-state index contributed by atoms with van der Waals surface area (Å²) in [4.78, 5) is 0. The van der Waals surface area contributed by atoms with Gasteiger partial charge in [0, 0.05) is 11.9 Å². The number of benzene rings is 2. The Hall–Kier alpha value is -2.12. The van der Waals surface area contributed by atoms with Crippen molar-refractivity contribution in [2.45, 2.75) is 19.8 Å². The Morgan fingerprint density at radius 2 is 1.88 bits per heavy atom. The van der Waals surface area contributed by atoms with Gasteiger partial charge in [0.05, 0.1) is 11.4 Å². The summed E-state index contributed by atoms with van der Waals surface area (Å²) in [5, 5.41) is 4.79. The van der Waals surface area contributed by atoms with E-state index in [1.807, 2.05) is 36.4 Å². The van der Waals surface area contributed by atoms with Crippen molar-refractivity contribution in [2.75, 3.05) is 16.6 Å². The highest BCUT2D eigenvalue weighted by atomic mass is 32.2. The molecule has 7 heteroatoms. The number of ether oxygens (including phenoxy) is 1. The predicted octanol–water partition coefficient (Wildman–Crippen LogP) is 3.98. The number of anilines is 2. The van der Waals surface area contributed by atoms with Crippen LogP contribution in [0.1, 0.15) is 25.3 Å². The average Bonchev–Trinajstić information content (AvgIpc) is 2.57. The van der Waals surface area contributed by atoms with Crippen molar-refractivity contribution in [2.24, 2.45) is 0 Å². The second-order valence-electron chi connectivity index (χ2n) is 5.13. The lowest BCUT2D eigenvalue weighted by atomic mass is 10.1. The van der Waals surface area contributed by atoms with Gasteiger partial charge in [-0.1, -0.05) is 43.8 Å². The number of thiol groups is 1. The number of unbranched alkanes of at least 4 members (excludes halogenated alkanes) is 1. The van der Waals surface area contributed by atoms with Crippen molar-refractivity contribution in [1.82, 2.24) is 0 Å². The molecule has 0 aromatic heterocycles. The first-order valence-corrected chi connectivity index (χ1v) is 9.30. The minimum absolute atomic E-state index is 0.354. The third kappa shape index (κ3) is 5.21. The van der Waals surface area contributed by atoms with Crippen LogP contribution in [0.3, 0.4) is 0 Å². The van der Waals surface area contributed by atoms with E-state index in [2.05, 4.69) is 17.0 Å². The molecule has 0 aliphatic rings. The first-order chi connectivity index (χ1) is 11.6. The fourth-order valence-corrected chi connectivity index (χ4v) is 2.65. The average molecular weight is 364 g/mol. The maximum absolute atomic E-state index is 11.2. The molecule has 2 N–H and O–H groups in total. The van der Waals surface area contributed by atoms with E-state index < -0.39 is 10.9 Å². The Bertz CT molecular complexity index is 754. The van der Waals surface area contributed by atoms with Gasteiger partial charge in [-0.05, 0) is 36.2 Å². The van der Waals surface area contributed by atoms with Crippen LogP contribution in [0.25, 0.3) is 0 Å². The minimum Gasteiger partial charge on any atom is -0.453 e. The van der Waals surface area contributed by atoms with E-state index in [4.69, 9.17) is 17.0 Å². The summed E-state index contributed by atoms with van der Waals surface area (Å²) >= 11 is 4.99. The summed E-state index contributed by atoms with van der Waals surface area (Å²) in [5.41, 5.74) is 1.78. The molecule has 0 unspecified atom stereocenters. The smallest absolute Gasteiger partial charge is 0.222 e. The van der Waals surface area contributed by atoms with Crippen LogP contribution < -0.4 is 14.8 Å². The molecule has 0 saturated carbocycles. The molecule has 2 aromatic rings. The van der Waals surface area contributed by atoms with Gasteiger partial charge in [0.15, 0.2) is 5.75 Å². The molecule has 0 bridgehead atoms. The molecule has 5 nitrogen and oxygen atoms in total. The van der Waals surface area contributed by atoms with Crippen molar-refractivity contribution >= 4 is 39.9 Å². The number of thiocarbonyl (C=S) groups is 1.